The van der Waals surface area contributed by atoms with E-state index in [1.165, 1.54) is 12.1 Å². The SMILES string of the molecule is CN(C)C(=O)c1ccccc1N1Cc2cn(Cc3cccc(F)c3)nc2C1. The van der Waals surface area contributed by atoms with E-state index >= 15 is 0 Å². The zero-order valence-electron chi connectivity index (χ0n) is 15.4. The fourth-order valence-electron chi connectivity index (χ4n) is 3.45. The zero-order valence-corrected chi connectivity index (χ0v) is 15.4. The van der Waals surface area contributed by atoms with Gasteiger partial charge in [-0.15, -0.1) is 0 Å². The Labute approximate surface area is 157 Å². The zero-order chi connectivity index (χ0) is 19.0. The van der Waals surface area contributed by atoms with E-state index in [0.29, 0.717) is 25.2 Å². The van der Waals surface area contributed by atoms with Crippen LogP contribution in [0.1, 0.15) is 27.2 Å². The van der Waals surface area contributed by atoms with Gasteiger partial charge in [0.25, 0.3) is 5.91 Å². The van der Waals surface area contributed by atoms with E-state index in [0.717, 1.165) is 22.5 Å². The number of anilines is 1. The van der Waals surface area contributed by atoms with Crippen molar-refractivity contribution in [3.05, 3.63) is 82.9 Å². The van der Waals surface area contributed by atoms with Gasteiger partial charge in [0.1, 0.15) is 5.82 Å². The number of fused-ring (bicyclic) bond motifs is 1. The first kappa shape index (κ1) is 17.3. The van der Waals surface area contributed by atoms with Crippen LogP contribution in [-0.4, -0.2) is 34.7 Å². The van der Waals surface area contributed by atoms with Crippen molar-refractivity contribution in [2.45, 2.75) is 19.6 Å². The standard InChI is InChI=1S/C21H21FN4O/c1-24(2)21(27)18-8-3-4-9-20(18)25-12-16-13-26(23-19(16)14-25)11-15-6-5-7-17(22)10-15/h3-10,13H,11-12,14H2,1-2H3. The molecule has 138 valence electrons. The molecule has 1 aromatic heterocycles. The number of rotatable bonds is 4. The summed E-state index contributed by atoms with van der Waals surface area (Å²) in [5.74, 6) is -0.244. The van der Waals surface area contributed by atoms with Crippen LogP contribution in [0.3, 0.4) is 0 Å². The highest BCUT2D eigenvalue weighted by Crippen LogP contribution is 2.30. The number of hydrogen-bond donors (Lipinski definition) is 0. The Balaban J connectivity index is 1.53. The van der Waals surface area contributed by atoms with E-state index in [-0.39, 0.29) is 11.7 Å². The molecule has 27 heavy (non-hydrogen) atoms. The molecule has 1 aliphatic rings. The lowest BCUT2D eigenvalue weighted by molar-refractivity contribution is 0.0828. The Morgan fingerprint density at radius 1 is 1.15 bits per heavy atom. The Morgan fingerprint density at radius 2 is 1.96 bits per heavy atom. The Hall–Kier alpha value is -3.15. The fraction of sp³-hybridized carbons (Fsp3) is 0.238. The van der Waals surface area contributed by atoms with E-state index in [1.807, 2.05) is 41.2 Å². The number of aromatic nitrogens is 2. The van der Waals surface area contributed by atoms with Gasteiger partial charge in [0.15, 0.2) is 0 Å². The molecule has 0 atom stereocenters. The summed E-state index contributed by atoms with van der Waals surface area (Å²) in [4.78, 5) is 16.2. The van der Waals surface area contributed by atoms with Crippen molar-refractivity contribution in [3.63, 3.8) is 0 Å². The summed E-state index contributed by atoms with van der Waals surface area (Å²) in [7, 11) is 3.52. The average molecular weight is 364 g/mol. The maximum absolute atomic E-state index is 13.4. The van der Waals surface area contributed by atoms with Gasteiger partial charge in [-0.3, -0.25) is 9.48 Å². The lowest BCUT2D eigenvalue weighted by atomic mass is 10.1. The molecule has 1 aliphatic heterocycles. The van der Waals surface area contributed by atoms with Crippen LogP contribution in [0.5, 0.6) is 0 Å². The summed E-state index contributed by atoms with van der Waals surface area (Å²) >= 11 is 0. The number of nitrogens with zero attached hydrogens (tertiary/aromatic N) is 4. The van der Waals surface area contributed by atoms with Gasteiger partial charge < -0.3 is 9.80 Å². The molecule has 6 heteroatoms. The normalized spacial score (nSPS) is 12.9. The smallest absolute Gasteiger partial charge is 0.255 e. The van der Waals surface area contributed by atoms with Gasteiger partial charge in [-0.2, -0.15) is 5.10 Å². The molecule has 5 nitrogen and oxygen atoms in total. The van der Waals surface area contributed by atoms with Crippen LogP contribution in [-0.2, 0) is 19.6 Å². The number of amides is 1. The first-order valence-electron chi connectivity index (χ1n) is 8.86. The number of carbonyl (C=O) groups excluding carboxylic acids is 1. The number of benzene rings is 2. The summed E-state index contributed by atoms with van der Waals surface area (Å²) in [6.45, 7) is 1.90. The molecule has 0 unspecified atom stereocenters. The van der Waals surface area contributed by atoms with Crippen molar-refractivity contribution >= 4 is 11.6 Å². The molecule has 0 aliphatic carbocycles. The predicted molar refractivity (Wildman–Crippen MR) is 102 cm³/mol. The van der Waals surface area contributed by atoms with Crippen molar-refractivity contribution in [2.75, 3.05) is 19.0 Å². The minimum atomic E-state index is -0.236. The van der Waals surface area contributed by atoms with E-state index in [4.69, 9.17) is 0 Å². The second kappa shape index (κ2) is 6.87. The lowest BCUT2D eigenvalue weighted by Gasteiger charge is -2.22. The van der Waals surface area contributed by atoms with Crippen LogP contribution in [0.25, 0.3) is 0 Å². The Bertz CT molecular complexity index is 972. The minimum absolute atomic E-state index is 0.00805. The molecule has 0 N–H and O–H groups in total. The number of carbonyl (C=O) groups is 1. The average Bonchev–Trinajstić information content (AvgIpc) is 3.19. The Kier molecular flexibility index (Phi) is 4.39. The van der Waals surface area contributed by atoms with Crippen LogP contribution < -0.4 is 4.90 Å². The quantitative estimate of drug-likeness (QED) is 0.713. The van der Waals surface area contributed by atoms with Gasteiger partial charge in [0.2, 0.25) is 0 Å². The van der Waals surface area contributed by atoms with Gasteiger partial charge in [-0.25, -0.2) is 4.39 Å². The summed E-state index contributed by atoms with van der Waals surface area (Å²) in [5, 5.41) is 4.66. The van der Waals surface area contributed by atoms with Gasteiger partial charge in [0, 0.05) is 32.4 Å². The third-order valence-electron chi connectivity index (χ3n) is 4.74. The largest absolute Gasteiger partial charge is 0.360 e. The topological polar surface area (TPSA) is 41.4 Å². The van der Waals surface area contributed by atoms with Crippen molar-refractivity contribution in [1.82, 2.24) is 14.7 Å². The van der Waals surface area contributed by atoms with E-state index in [2.05, 4.69) is 10.00 Å². The molecule has 0 spiro atoms. The third kappa shape index (κ3) is 3.43. The maximum atomic E-state index is 13.4. The van der Waals surface area contributed by atoms with Crippen LogP contribution in [0, 0.1) is 5.82 Å². The number of hydrogen-bond acceptors (Lipinski definition) is 3. The number of para-hydroxylation sites is 1. The van der Waals surface area contributed by atoms with E-state index < -0.39 is 0 Å². The van der Waals surface area contributed by atoms with Gasteiger partial charge in [-0.05, 0) is 29.8 Å². The van der Waals surface area contributed by atoms with Crippen LogP contribution in [0.2, 0.25) is 0 Å². The van der Waals surface area contributed by atoms with E-state index in [1.54, 1.807) is 25.1 Å². The highest BCUT2D eigenvalue weighted by molar-refractivity contribution is 5.99. The molecule has 2 heterocycles. The third-order valence-corrected chi connectivity index (χ3v) is 4.74. The van der Waals surface area contributed by atoms with Crippen molar-refractivity contribution < 1.29 is 9.18 Å². The highest BCUT2D eigenvalue weighted by atomic mass is 19.1. The summed E-state index contributed by atoms with van der Waals surface area (Å²) in [6.07, 6.45) is 2.01. The van der Waals surface area contributed by atoms with Gasteiger partial charge >= 0.3 is 0 Å². The summed E-state index contributed by atoms with van der Waals surface area (Å²) in [5.41, 5.74) is 4.64. The van der Waals surface area contributed by atoms with Crippen molar-refractivity contribution in [1.29, 1.82) is 0 Å². The molecule has 0 bridgehead atoms. The summed E-state index contributed by atoms with van der Waals surface area (Å²) < 4.78 is 15.2. The molecule has 1 amide bonds. The number of halogens is 1. The molecule has 4 rings (SSSR count). The first-order chi connectivity index (χ1) is 13.0. The minimum Gasteiger partial charge on any atom is -0.360 e. The van der Waals surface area contributed by atoms with Gasteiger partial charge in [-0.1, -0.05) is 24.3 Å². The highest BCUT2D eigenvalue weighted by Gasteiger charge is 2.26. The van der Waals surface area contributed by atoms with Crippen LogP contribution >= 0.6 is 0 Å². The predicted octanol–water partition coefficient (Wildman–Crippen LogP) is 3.29. The fourth-order valence-corrected chi connectivity index (χ4v) is 3.45. The lowest BCUT2D eigenvalue weighted by Crippen LogP contribution is -2.25. The maximum Gasteiger partial charge on any atom is 0.255 e. The van der Waals surface area contributed by atoms with E-state index in [9.17, 15) is 9.18 Å². The molecular formula is C21H21FN4O. The van der Waals surface area contributed by atoms with Gasteiger partial charge in [0.05, 0.1) is 30.0 Å². The van der Waals surface area contributed by atoms with Crippen molar-refractivity contribution in [3.8, 4) is 0 Å². The monoisotopic (exact) mass is 364 g/mol. The second-order valence-corrected chi connectivity index (χ2v) is 7.00. The molecule has 2 aromatic carbocycles. The summed E-state index contributed by atoms with van der Waals surface area (Å²) in [6, 6.07) is 14.2. The molecule has 0 saturated heterocycles. The first-order valence-corrected chi connectivity index (χ1v) is 8.86. The second-order valence-electron chi connectivity index (χ2n) is 7.00. The molecule has 3 aromatic rings. The van der Waals surface area contributed by atoms with Crippen LogP contribution in [0.4, 0.5) is 10.1 Å². The van der Waals surface area contributed by atoms with Crippen LogP contribution in [0.15, 0.2) is 54.7 Å². The molecule has 0 saturated carbocycles. The van der Waals surface area contributed by atoms with Crippen molar-refractivity contribution in [2.24, 2.45) is 0 Å². The molecular weight excluding hydrogens is 343 g/mol. The Morgan fingerprint density at radius 3 is 2.70 bits per heavy atom. The molecule has 0 fully saturated rings. The molecule has 0 radical (unpaired) electrons.